The molecule has 0 unspecified atom stereocenters. The van der Waals surface area contributed by atoms with Crippen LogP contribution in [0.2, 0.25) is 5.02 Å². The highest BCUT2D eigenvalue weighted by molar-refractivity contribution is 9.10. The fourth-order valence-electron chi connectivity index (χ4n) is 2.69. The fraction of sp³-hybridized carbons (Fsp3) is 0.158. The van der Waals surface area contributed by atoms with Crippen molar-refractivity contribution in [1.82, 2.24) is 15.1 Å². The highest BCUT2D eigenvalue weighted by Crippen LogP contribution is 2.27. The van der Waals surface area contributed by atoms with Gasteiger partial charge in [0.2, 0.25) is 0 Å². The number of aromatic nitrogens is 2. The lowest BCUT2D eigenvalue weighted by molar-refractivity contribution is 0.0785. The standard InChI is InChI=1S/C19H17BrClN3O2/c1-24(11-13-9-14(20)5-8-17(13)26-2)19(25)16-10-22-23-18(16)12-3-6-15(21)7-4-12/h3-10H,11H2,1-2H3,(H,22,23). The molecule has 3 aromatic rings. The second-order valence-corrected chi connectivity index (χ2v) is 7.14. The molecule has 1 amide bonds. The Kier molecular flexibility index (Phi) is 5.64. The number of ether oxygens (including phenoxy) is 1. The van der Waals surface area contributed by atoms with E-state index >= 15 is 0 Å². The Bertz CT molecular complexity index is 925. The van der Waals surface area contributed by atoms with Gasteiger partial charge in [-0.25, -0.2) is 0 Å². The second-order valence-electron chi connectivity index (χ2n) is 5.78. The molecule has 1 N–H and O–H groups in total. The van der Waals surface area contributed by atoms with Gasteiger partial charge in [-0.05, 0) is 30.3 Å². The minimum Gasteiger partial charge on any atom is -0.496 e. The van der Waals surface area contributed by atoms with Crippen LogP contribution in [0.1, 0.15) is 15.9 Å². The van der Waals surface area contributed by atoms with Gasteiger partial charge in [-0.1, -0.05) is 39.7 Å². The summed E-state index contributed by atoms with van der Waals surface area (Å²) in [6.07, 6.45) is 1.54. The lowest BCUT2D eigenvalue weighted by Crippen LogP contribution is -2.26. The largest absolute Gasteiger partial charge is 0.496 e. The summed E-state index contributed by atoms with van der Waals surface area (Å²) in [6, 6.07) is 13.0. The van der Waals surface area contributed by atoms with Crippen LogP contribution in [-0.2, 0) is 6.54 Å². The van der Waals surface area contributed by atoms with Crippen molar-refractivity contribution in [2.75, 3.05) is 14.2 Å². The first-order chi connectivity index (χ1) is 12.5. The zero-order valence-electron chi connectivity index (χ0n) is 14.3. The molecule has 26 heavy (non-hydrogen) atoms. The third kappa shape index (κ3) is 3.92. The number of halogens is 2. The Hall–Kier alpha value is -2.31. The average molecular weight is 435 g/mol. The molecule has 0 bridgehead atoms. The van der Waals surface area contributed by atoms with E-state index in [0.717, 1.165) is 21.3 Å². The molecule has 0 aliphatic heterocycles. The summed E-state index contributed by atoms with van der Waals surface area (Å²) in [6.45, 7) is 0.409. The van der Waals surface area contributed by atoms with Crippen molar-refractivity contribution in [3.8, 4) is 17.0 Å². The topological polar surface area (TPSA) is 58.2 Å². The van der Waals surface area contributed by atoms with Crippen molar-refractivity contribution in [2.24, 2.45) is 0 Å². The van der Waals surface area contributed by atoms with Crippen LogP contribution in [0.3, 0.4) is 0 Å². The first kappa shape index (κ1) is 18.5. The lowest BCUT2D eigenvalue weighted by Gasteiger charge is -2.19. The molecule has 1 heterocycles. The number of carbonyl (C=O) groups excluding carboxylic acids is 1. The normalized spacial score (nSPS) is 10.6. The molecule has 134 valence electrons. The summed E-state index contributed by atoms with van der Waals surface area (Å²) < 4.78 is 6.32. The number of amides is 1. The molecular weight excluding hydrogens is 418 g/mol. The minimum absolute atomic E-state index is 0.134. The van der Waals surface area contributed by atoms with E-state index in [1.54, 1.807) is 37.4 Å². The van der Waals surface area contributed by atoms with Crippen LogP contribution in [0.4, 0.5) is 0 Å². The number of hydrogen-bond donors (Lipinski definition) is 1. The first-order valence-corrected chi connectivity index (χ1v) is 9.04. The first-order valence-electron chi connectivity index (χ1n) is 7.86. The maximum atomic E-state index is 12.9. The Labute approximate surface area is 165 Å². The Balaban J connectivity index is 1.85. The monoisotopic (exact) mass is 433 g/mol. The van der Waals surface area contributed by atoms with E-state index in [1.807, 2.05) is 30.3 Å². The Morgan fingerprint density at radius 3 is 2.69 bits per heavy atom. The van der Waals surface area contributed by atoms with Crippen molar-refractivity contribution in [2.45, 2.75) is 6.54 Å². The van der Waals surface area contributed by atoms with Crippen LogP contribution in [0.5, 0.6) is 5.75 Å². The van der Waals surface area contributed by atoms with Crippen molar-refractivity contribution in [3.63, 3.8) is 0 Å². The van der Waals surface area contributed by atoms with E-state index in [4.69, 9.17) is 16.3 Å². The predicted molar refractivity (Wildman–Crippen MR) is 106 cm³/mol. The van der Waals surface area contributed by atoms with E-state index in [1.165, 1.54) is 0 Å². The van der Waals surface area contributed by atoms with E-state index in [2.05, 4.69) is 26.1 Å². The van der Waals surface area contributed by atoms with Gasteiger partial charge in [0.1, 0.15) is 5.75 Å². The number of hydrogen-bond acceptors (Lipinski definition) is 3. The smallest absolute Gasteiger partial charge is 0.257 e. The molecule has 1 aromatic heterocycles. The summed E-state index contributed by atoms with van der Waals surface area (Å²) in [5, 5.41) is 7.58. The molecule has 0 fully saturated rings. The van der Waals surface area contributed by atoms with Gasteiger partial charge in [-0.3, -0.25) is 9.89 Å². The van der Waals surface area contributed by atoms with E-state index in [-0.39, 0.29) is 5.91 Å². The number of methoxy groups -OCH3 is 1. The molecule has 0 saturated carbocycles. The maximum absolute atomic E-state index is 12.9. The van der Waals surface area contributed by atoms with Gasteiger partial charge in [0, 0.05) is 34.2 Å². The Morgan fingerprint density at radius 1 is 1.27 bits per heavy atom. The van der Waals surface area contributed by atoms with Gasteiger partial charge in [0.15, 0.2) is 0 Å². The molecule has 2 aromatic carbocycles. The van der Waals surface area contributed by atoms with E-state index in [0.29, 0.717) is 22.8 Å². The number of benzene rings is 2. The predicted octanol–water partition coefficient (Wildman–Crippen LogP) is 4.77. The zero-order chi connectivity index (χ0) is 18.7. The zero-order valence-corrected chi connectivity index (χ0v) is 16.6. The molecule has 3 rings (SSSR count). The average Bonchev–Trinajstić information content (AvgIpc) is 3.11. The van der Waals surface area contributed by atoms with Gasteiger partial charge in [-0.2, -0.15) is 5.10 Å². The van der Waals surface area contributed by atoms with E-state index < -0.39 is 0 Å². The summed E-state index contributed by atoms with van der Waals surface area (Å²) >= 11 is 9.40. The van der Waals surface area contributed by atoms with Crippen molar-refractivity contribution < 1.29 is 9.53 Å². The SMILES string of the molecule is COc1ccc(Br)cc1CN(C)C(=O)c1cn[nH]c1-c1ccc(Cl)cc1. The number of nitrogens with one attached hydrogen (secondary N) is 1. The highest BCUT2D eigenvalue weighted by Gasteiger charge is 2.20. The molecule has 0 radical (unpaired) electrons. The molecular formula is C19H17BrClN3O2. The van der Waals surface area contributed by atoms with Crippen LogP contribution >= 0.6 is 27.5 Å². The van der Waals surface area contributed by atoms with Crippen LogP contribution in [0, 0.1) is 0 Å². The van der Waals surface area contributed by atoms with Gasteiger partial charge in [0.25, 0.3) is 5.91 Å². The third-order valence-electron chi connectivity index (χ3n) is 4.00. The maximum Gasteiger partial charge on any atom is 0.257 e. The molecule has 7 heteroatoms. The van der Waals surface area contributed by atoms with Crippen molar-refractivity contribution in [1.29, 1.82) is 0 Å². The summed E-state index contributed by atoms with van der Waals surface area (Å²) in [5.74, 6) is 0.601. The summed E-state index contributed by atoms with van der Waals surface area (Å²) in [7, 11) is 3.37. The Morgan fingerprint density at radius 2 is 2.00 bits per heavy atom. The molecule has 0 saturated heterocycles. The van der Waals surface area contributed by atoms with Crippen LogP contribution < -0.4 is 4.74 Å². The third-order valence-corrected chi connectivity index (χ3v) is 4.74. The van der Waals surface area contributed by atoms with Crippen LogP contribution in [0.15, 0.2) is 53.1 Å². The van der Waals surface area contributed by atoms with Gasteiger partial charge < -0.3 is 9.64 Å². The number of nitrogens with zero attached hydrogens (tertiary/aromatic N) is 2. The number of carbonyl (C=O) groups is 1. The van der Waals surface area contributed by atoms with Crippen LogP contribution in [-0.4, -0.2) is 35.2 Å². The molecule has 5 nitrogen and oxygen atoms in total. The molecule has 0 aliphatic carbocycles. The van der Waals surface area contributed by atoms with Crippen molar-refractivity contribution in [3.05, 3.63) is 69.3 Å². The number of aromatic amines is 1. The number of H-pyrrole nitrogens is 1. The number of rotatable bonds is 5. The summed E-state index contributed by atoms with van der Waals surface area (Å²) in [4.78, 5) is 14.6. The fourth-order valence-corrected chi connectivity index (χ4v) is 3.22. The van der Waals surface area contributed by atoms with Gasteiger partial charge in [0.05, 0.1) is 24.6 Å². The summed E-state index contributed by atoms with van der Waals surface area (Å²) in [5.41, 5.74) is 2.93. The molecule has 0 spiro atoms. The lowest BCUT2D eigenvalue weighted by atomic mass is 10.1. The van der Waals surface area contributed by atoms with Gasteiger partial charge in [-0.15, -0.1) is 0 Å². The highest BCUT2D eigenvalue weighted by atomic mass is 79.9. The van der Waals surface area contributed by atoms with Crippen molar-refractivity contribution >= 4 is 33.4 Å². The molecule has 0 aliphatic rings. The quantitative estimate of drug-likeness (QED) is 0.629. The molecule has 0 atom stereocenters. The second kappa shape index (κ2) is 7.93. The van der Waals surface area contributed by atoms with E-state index in [9.17, 15) is 4.79 Å². The minimum atomic E-state index is -0.134. The van der Waals surface area contributed by atoms with Crippen LogP contribution in [0.25, 0.3) is 11.3 Å². The van der Waals surface area contributed by atoms with Gasteiger partial charge >= 0.3 is 0 Å².